The molecule has 2 aromatic carbocycles. The lowest BCUT2D eigenvalue weighted by Gasteiger charge is -2.25. The maximum Gasteiger partial charge on any atom is 0.255 e. The molecule has 0 radical (unpaired) electrons. The quantitative estimate of drug-likeness (QED) is 0.0699. The summed E-state index contributed by atoms with van der Waals surface area (Å²) in [6.07, 6.45) is 14.3. The molecule has 7 heterocycles. The Morgan fingerprint density at radius 2 is 1.29 bits per heavy atom. The van der Waals surface area contributed by atoms with Crippen LogP contribution in [0.25, 0.3) is 22.8 Å². The largest absolute Gasteiger partial charge is 0.497 e. The number of nitrogens with one attached hydrogen (secondary N) is 1. The van der Waals surface area contributed by atoms with Gasteiger partial charge in [-0.3, -0.25) is 23.5 Å². The number of hydrogen-bond acceptors (Lipinski definition) is 18. The van der Waals surface area contributed by atoms with Crippen LogP contribution in [0.15, 0.2) is 107 Å². The minimum absolute atomic E-state index is 0. The number of aromatic nitrogens is 8. The Kier molecular flexibility index (Phi) is 33.8. The fourth-order valence-electron chi connectivity index (χ4n) is 8.02. The SMILES string of the molecule is C.CC1CN(c2nc(-c3ccncn3)cc(=O)n2C)CCCO1.CC1CNCCCO1.COc1ccc(CN2CCCOC(C)C2=O)cc1.Cc1ccc(CCCCCO)cc1.Cn1c(Cl)nc(-c2ccncn2)cc1=O.NCCCO. The number of carbonyl (C=O) groups excluding carboxylic acids is 1. The number of rotatable bonds is 13. The molecular weight excluding hydrogens is 1070 g/mol. The van der Waals surface area contributed by atoms with Crippen LogP contribution in [-0.2, 0) is 46.1 Å². The first kappa shape index (κ1) is 69.7. The van der Waals surface area contributed by atoms with Gasteiger partial charge in [-0.1, -0.05) is 55.8 Å². The number of nitrogens with zero attached hydrogens (tertiary/aromatic N) is 10. The molecule has 0 spiro atoms. The van der Waals surface area contributed by atoms with E-state index >= 15 is 0 Å². The number of ether oxygens (including phenoxy) is 4. The van der Waals surface area contributed by atoms with Crippen molar-refractivity contribution in [3.8, 4) is 28.5 Å². The minimum atomic E-state index is -0.328. The molecular formula is C60H89ClN12O9. The van der Waals surface area contributed by atoms with Crippen LogP contribution < -0.4 is 31.8 Å². The number of methoxy groups -OCH3 is 1. The molecule has 4 aromatic heterocycles. The zero-order valence-electron chi connectivity index (χ0n) is 48.3. The summed E-state index contributed by atoms with van der Waals surface area (Å²) in [4.78, 5) is 64.2. The maximum atomic E-state index is 12.3. The molecule has 0 aliphatic carbocycles. The first-order valence-electron chi connectivity index (χ1n) is 27.7. The standard InChI is InChI=1S/C15H19N5O2.C14H19NO3.C12H18O.C9H7ClN4O.C6H13NO.C3H9NO.CH4/c1-11-9-20(6-3-7-22-11)15-18-13(8-14(21)19(15)2)12-4-5-16-10-17-12;1-11-14(16)15(8-3-9-18-11)10-12-4-6-13(17-2)7-5-12;1-11-6-8-12(9-7-11)5-3-2-4-10-13;1-14-8(15)4-7(13-9(14)10)6-2-3-11-5-12-6;1-6-5-7-3-2-4-8-6;4-2-1-3-5;/h4-5,8,10-11H,3,6-7,9H2,1-2H3;4-7,11H,3,8-10H2,1-2H3;6-9,13H,2-5,10H2,1H3;2-5H,1H3;6-7H,2-5H2,1H3;5H,1-4H2;1H4. The lowest BCUT2D eigenvalue weighted by Crippen LogP contribution is -2.36. The molecule has 3 aliphatic rings. The topological polar surface area (TPSA) is 260 Å². The Hall–Kier alpha value is -6.56. The fourth-order valence-corrected chi connectivity index (χ4v) is 8.19. The average Bonchev–Trinajstić information content (AvgIpc) is 3.94. The van der Waals surface area contributed by atoms with E-state index in [0.717, 1.165) is 95.7 Å². The van der Waals surface area contributed by atoms with Gasteiger partial charge in [0.05, 0.1) is 42.1 Å². The number of aliphatic hydroxyl groups excluding tert-OH is 2. The van der Waals surface area contributed by atoms with E-state index in [0.29, 0.717) is 67.7 Å². The second-order valence-electron chi connectivity index (χ2n) is 19.4. The summed E-state index contributed by atoms with van der Waals surface area (Å²) in [6, 6.07) is 22.8. The van der Waals surface area contributed by atoms with Crippen molar-refractivity contribution in [1.29, 1.82) is 0 Å². The number of anilines is 1. The van der Waals surface area contributed by atoms with Gasteiger partial charge in [0.15, 0.2) is 0 Å². The monoisotopic (exact) mass is 1160 g/mol. The molecule has 3 fully saturated rings. The van der Waals surface area contributed by atoms with Crippen molar-refractivity contribution in [2.75, 3.05) is 84.3 Å². The maximum absolute atomic E-state index is 12.3. The van der Waals surface area contributed by atoms with E-state index in [-0.39, 0.29) is 48.6 Å². The fraction of sp³-hybridized carbons (Fsp3) is 0.517. The van der Waals surface area contributed by atoms with Gasteiger partial charge in [0.1, 0.15) is 24.5 Å². The lowest BCUT2D eigenvalue weighted by atomic mass is 10.1. The second kappa shape index (κ2) is 39.8. The van der Waals surface area contributed by atoms with Crippen molar-refractivity contribution in [3.63, 3.8) is 0 Å². The minimum Gasteiger partial charge on any atom is -0.497 e. The Balaban J connectivity index is 0.000000270. The predicted molar refractivity (Wildman–Crippen MR) is 323 cm³/mol. The van der Waals surface area contributed by atoms with Crippen molar-refractivity contribution < 1.29 is 34.0 Å². The summed E-state index contributed by atoms with van der Waals surface area (Å²) in [7, 11) is 4.94. The molecule has 3 unspecified atom stereocenters. The van der Waals surface area contributed by atoms with E-state index in [1.807, 2.05) is 43.0 Å². The van der Waals surface area contributed by atoms with Crippen molar-refractivity contribution in [1.82, 2.24) is 49.3 Å². The number of aryl methyl sites for hydroxylation is 2. The van der Waals surface area contributed by atoms with Gasteiger partial charge in [-0.25, -0.2) is 29.9 Å². The number of aliphatic hydroxyl groups is 2. The molecule has 21 nitrogen and oxygen atoms in total. The van der Waals surface area contributed by atoms with Crippen LogP contribution in [-0.4, -0.2) is 158 Å². The van der Waals surface area contributed by atoms with Gasteiger partial charge in [0, 0.05) is 104 Å². The molecule has 5 N–H and O–H groups in total. The molecule has 0 saturated carbocycles. The number of hydrogen-bond donors (Lipinski definition) is 4. The average molecular weight is 1160 g/mol. The first-order valence-corrected chi connectivity index (χ1v) is 28.1. The smallest absolute Gasteiger partial charge is 0.255 e. The van der Waals surface area contributed by atoms with Gasteiger partial charge >= 0.3 is 0 Å². The zero-order valence-corrected chi connectivity index (χ0v) is 49.0. The van der Waals surface area contributed by atoms with E-state index in [2.05, 4.69) is 78.2 Å². The lowest BCUT2D eigenvalue weighted by molar-refractivity contribution is -0.140. The summed E-state index contributed by atoms with van der Waals surface area (Å²) < 4.78 is 24.4. The molecule has 9 rings (SSSR count). The summed E-state index contributed by atoms with van der Waals surface area (Å²) in [5, 5.41) is 20.0. The third-order valence-electron chi connectivity index (χ3n) is 12.7. The predicted octanol–water partition coefficient (Wildman–Crippen LogP) is 6.62. The van der Waals surface area contributed by atoms with Gasteiger partial charge < -0.3 is 50.0 Å². The highest BCUT2D eigenvalue weighted by Gasteiger charge is 2.24. The van der Waals surface area contributed by atoms with Crippen LogP contribution in [0, 0.1) is 6.92 Å². The van der Waals surface area contributed by atoms with Crippen molar-refractivity contribution >= 4 is 23.5 Å². The van der Waals surface area contributed by atoms with Crippen molar-refractivity contribution in [3.05, 3.63) is 141 Å². The number of amides is 1. The Morgan fingerprint density at radius 1 is 0.707 bits per heavy atom. The number of nitrogens with two attached hydrogens (primary N) is 1. The summed E-state index contributed by atoms with van der Waals surface area (Å²) in [5.74, 6) is 1.56. The molecule has 0 bridgehead atoms. The van der Waals surface area contributed by atoms with E-state index in [4.69, 9.17) is 46.5 Å². The van der Waals surface area contributed by atoms with Crippen LogP contribution in [0.3, 0.4) is 0 Å². The zero-order chi connectivity index (χ0) is 58.8. The van der Waals surface area contributed by atoms with Gasteiger partial charge in [-0.2, -0.15) is 0 Å². The number of carbonyl (C=O) groups is 1. The molecule has 1 amide bonds. The van der Waals surface area contributed by atoms with Gasteiger partial charge in [0.25, 0.3) is 17.0 Å². The van der Waals surface area contributed by atoms with Crippen LogP contribution in [0.4, 0.5) is 5.95 Å². The molecule has 22 heteroatoms. The first-order chi connectivity index (χ1) is 39.2. The molecule has 3 atom stereocenters. The Morgan fingerprint density at radius 3 is 1.88 bits per heavy atom. The highest BCUT2D eigenvalue weighted by atomic mass is 35.5. The van der Waals surface area contributed by atoms with Gasteiger partial charge in [0.2, 0.25) is 11.2 Å². The number of benzene rings is 2. The van der Waals surface area contributed by atoms with Gasteiger partial charge in [-0.05, 0) is 133 Å². The molecule has 3 aliphatic heterocycles. The number of halogens is 1. The van der Waals surface area contributed by atoms with E-state index < -0.39 is 0 Å². The van der Waals surface area contributed by atoms with E-state index in [9.17, 15) is 14.4 Å². The second-order valence-corrected chi connectivity index (χ2v) is 19.8. The van der Waals surface area contributed by atoms with Crippen molar-refractivity contribution in [2.45, 2.75) is 111 Å². The summed E-state index contributed by atoms with van der Waals surface area (Å²) >= 11 is 5.78. The molecule has 450 valence electrons. The summed E-state index contributed by atoms with van der Waals surface area (Å²) in [5.41, 5.74) is 10.7. The van der Waals surface area contributed by atoms with Crippen LogP contribution >= 0.6 is 11.6 Å². The molecule has 6 aromatic rings. The van der Waals surface area contributed by atoms with Crippen LogP contribution in [0.2, 0.25) is 5.28 Å². The van der Waals surface area contributed by atoms with Gasteiger partial charge in [-0.15, -0.1) is 0 Å². The third kappa shape index (κ3) is 25.7. The normalized spacial score (nSPS) is 16.8. The van der Waals surface area contributed by atoms with Crippen molar-refractivity contribution in [2.24, 2.45) is 19.8 Å². The molecule has 3 saturated heterocycles. The van der Waals surface area contributed by atoms with Crippen LogP contribution in [0.5, 0.6) is 5.75 Å². The summed E-state index contributed by atoms with van der Waals surface area (Å²) in [6.45, 7) is 16.6. The number of unbranched alkanes of at least 4 members (excludes halogenated alkanes) is 2. The highest BCUT2D eigenvalue weighted by Crippen LogP contribution is 2.20. The Bertz CT molecular complexity index is 2790. The Labute approximate surface area is 489 Å². The molecule has 82 heavy (non-hydrogen) atoms. The van der Waals surface area contributed by atoms with Crippen LogP contribution in [0.1, 0.15) is 89.8 Å². The van der Waals surface area contributed by atoms with E-state index in [1.54, 1.807) is 50.3 Å². The highest BCUT2D eigenvalue weighted by molar-refractivity contribution is 6.28. The van der Waals surface area contributed by atoms with E-state index in [1.165, 1.54) is 46.9 Å². The third-order valence-corrected chi connectivity index (χ3v) is 13.0.